The third-order valence-corrected chi connectivity index (χ3v) is 0.961. The second kappa shape index (κ2) is 18.2. The van der Waals surface area contributed by atoms with E-state index in [1.165, 1.54) is 12.8 Å². The monoisotopic (exact) mass is 200 g/mol. The van der Waals surface area contributed by atoms with Crippen molar-refractivity contribution in [3.8, 4) is 0 Å². The number of hydrogen-bond donors (Lipinski definition) is 0. The van der Waals surface area contributed by atoms with Crippen LogP contribution >= 0.6 is 0 Å². The maximum absolute atomic E-state index is 3.90. The van der Waals surface area contributed by atoms with E-state index in [-0.39, 0.29) is 7.43 Å². The van der Waals surface area contributed by atoms with Crippen LogP contribution in [0.4, 0.5) is 0 Å². The molecule has 0 saturated heterocycles. The highest BCUT2D eigenvalue weighted by Crippen LogP contribution is 2.03. The van der Waals surface area contributed by atoms with Gasteiger partial charge in [-0.25, -0.2) is 0 Å². The summed E-state index contributed by atoms with van der Waals surface area (Å²) in [4.78, 5) is 7.52. The van der Waals surface area contributed by atoms with Crippen molar-refractivity contribution in [2.24, 2.45) is 9.98 Å². The van der Waals surface area contributed by atoms with Crippen LogP contribution in [0.1, 0.15) is 54.9 Å². The molecule has 2 aliphatic rings. The van der Waals surface area contributed by atoms with E-state index >= 15 is 0 Å². The van der Waals surface area contributed by atoms with E-state index in [0.29, 0.717) is 6.04 Å². The largest absolute Gasteiger partial charge is 0.290 e. The van der Waals surface area contributed by atoms with Crippen molar-refractivity contribution in [3.05, 3.63) is 0 Å². The Labute approximate surface area is 90.6 Å². The molecular weight excluding hydrogens is 172 g/mol. The fourth-order valence-electron chi connectivity index (χ4n) is 0.272. The van der Waals surface area contributed by atoms with Crippen molar-refractivity contribution >= 4 is 12.4 Å². The summed E-state index contributed by atoms with van der Waals surface area (Å²) in [5, 5.41) is 0. The van der Waals surface area contributed by atoms with Crippen LogP contribution in [-0.2, 0) is 0 Å². The highest BCUT2D eigenvalue weighted by molar-refractivity contribution is 5.77. The highest BCUT2D eigenvalue weighted by atomic mass is 14.9. The lowest BCUT2D eigenvalue weighted by atomic mass is 10.4. The minimum atomic E-state index is 0. The molecule has 0 aromatic heterocycles. The fraction of sp³-hybridized carbons (Fsp3) is 0.833. The van der Waals surface area contributed by atoms with Crippen molar-refractivity contribution in [2.75, 3.05) is 6.54 Å². The summed E-state index contributed by atoms with van der Waals surface area (Å²) in [6.07, 6.45) is 6.29. The van der Waals surface area contributed by atoms with E-state index in [1.807, 2.05) is 26.3 Å². The Balaban J connectivity index is -0.000000120. The molecule has 0 bridgehead atoms. The molecule has 0 saturated carbocycles. The smallest absolute Gasteiger partial charge is 0.0840 e. The molecule has 0 N–H and O–H groups in total. The van der Waals surface area contributed by atoms with Crippen molar-refractivity contribution in [1.29, 1.82) is 0 Å². The number of nitrogens with zero attached hydrogens (tertiary/aromatic N) is 2. The molecule has 1 atom stereocenters. The summed E-state index contributed by atoms with van der Waals surface area (Å²) in [6, 6.07) is 0.634. The SMILES string of the molecule is C.C1=NC1.CC.CCC.CCC1C=N1. The van der Waals surface area contributed by atoms with Crippen molar-refractivity contribution in [3.63, 3.8) is 0 Å². The third kappa shape index (κ3) is 42.5. The molecule has 2 nitrogen and oxygen atoms in total. The third-order valence-electron chi connectivity index (χ3n) is 0.961. The summed E-state index contributed by atoms with van der Waals surface area (Å²) in [6.45, 7) is 11.4. The molecule has 2 heteroatoms. The zero-order valence-electron chi connectivity index (χ0n) is 9.75. The Morgan fingerprint density at radius 2 is 1.50 bits per heavy atom. The first-order chi connectivity index (χ1) is 6.35. The Morgan fingerprint density at radius 3 is 1.50 bits per heavy atom. The van der Waals surface area contributed by atoms with Crippen molar-refractivity contribution < 1.29 is 0 Å². The maximum atomic E-state index is 3.90. The lowest BCUT2D eigenvalue weighted by molar-refractivity contribution is 0.928. The van der Waals surface area contributed by atoms with Gasteiger partial charge in [0, 0.05) is 12.4 Å². The van der Waals surface area contributed by atoms with E-state index in [2.05, 4.69) is 30.8 Å². The van der Waals surface area contributed by atoms with Gasteiger partial charge in [0.2, 0.25) is 0 Å². The van der Waals surface area contributed by atoms with E-state index < -0.39 is 0 Å². The van der Waals surface area contributed by atoms with Crippen LogP contribution in [0.5, 0.6) is 0 Å². The molecule has 0 amide bonds. The van der Waals surface area contributed by atoms with Gasteiger partial charge in [0.25, 0.3) is 0 Å². The minimum absolute atomic E-state index is 0. The van der Waals surface area contributed by atoms with Crippen molar-refractivity contribution in [2.45, 2.75) is 60.9 Å². The molecule has 2 rings (SSSR count). The molecule has 0 radical (unpaired) electrons. The van der Waals surface area contributed by atoms with Crippen LogP contribution < -0.4 is 0 Å². The van der Waals surface area contributed by atoms with E-state index in [9.17, 15) is 0 Å². The molecule has 14 heavy (non-hydrogen) atoms. The summed E-state index contributed by atoms with van der Waals surface area (Å²) >= 11 is 0. The quantitative estimate of drug-likeness (QED) is 0.611. The lowest BCUT2D eigenvalue weighted by Gasteiger charge is -1.72. The highest BCUT2D eigenvalue weighted by Gasteiger charge is 2.06. The molecule has 2 aliphatic heterocycles. The van der Waals surface area contributed by atoms with Crippen LogP contribution in [0.3, 0.4) is 0 Å². The Hall–Kier alpha value is -0.660. The molecule has 0 fully saturated rings. The van der Waals surface area contributed by atoms with Crippen LogP contribution in [0.2, 0.25) is 0 Å². The van der Waals surface area contributed by atoms with Crippen molar-refractivity contribution in [1.82, 2.24) is 0 Å². The average molecular weight is 200 g/mol. The second-order valence-corrected chi connectivity index (χ2v) is 2.53. The van der Waals surface area contributed by atoms with Gasteiger partial charge in [0.1, 0.15) is 0 Å². The van der Waals surface area contributed by atoms with Crippen LogP contribution in [0, 0.1) is 0 Å². The Kier molecular flexibility index (Phi) is 24.7. The predicted molar refractivity (Wildman–Crippen MR) is 70.0 cm³/mol. The van der Waals surface area contributed by atoms with Gasteiger partial charge in [0.05, 0.1) is 12.6 Å². The first-order valence-electron chi connectivity index (χ1n) is 5.36. The van der Waals surface area contributed by atoms with Crippen LogP contribution in [0.15, 0.2) is 9.98 Å². The molecule has 86 valence electrons. The Bertz CT molecular complexity index is 118. The normalized spacial score (nSPS) is 16.8. The second-order valence-electron chi connectivity index (χ2n) is 2.53. The van der Waals surface area contributed by atoms with Gasteiger partial charge in [0.15, 0.2) is 0 Å². The lowest BCUT2D eigenvalue weighted by Crippen LogP contribution is -1.77. The van der Waals surface area contributed by atoms with Gasteiger partial charge in [-0.3, -0.25) is 9.98 Å². The number of rotatable bonds is 1. The zero-order valence-corrected chi connectivity index (χ0v) is 9.75. The summed E-state index contributed by atoms with van der Waals surface area (Å²) in [7, 11) is 0. The minimum Gasteiger partial charge on any atom is -0.290 e. The summed E-state index contributed by atoms with van der Waals surface area (Å²) < 4.78 is 0. The molecule has 1 unspecified atom stereocenters. The zero-order chi connectivity index (χ0) is 10.5. The number of aliphatic imine (C=N–C) groups is 2. The van der Waals surface area contributed by atoms with Crippen LogP contribution in [-0.4, -0.2) is 25.0 Å². The van der Waals surface area contributed by atoms with E-state index in [0.717, 1.165) is 6.54 Å². The topological polar surface area (TPSA) is 24.7 Å². The molecular formula is C12H28N2. The van der Waals surface area contributed by atoms with Gasteiger partial charge in [-0.1, -0.05) is 48.5 Å². The predicted octanol–water partition coefficient (Wildman–Crippen LogP) is 4.00. The first-order valence-corrected chi connectivity index (χ1v) is 5.36. The van der Waals surface area contributed by atoms with Crippen LogP contribution in [0.25, 0.3) is 0 Å². The van der Waals surface area contributed by atoms with Gasteiger partial charge in [-0.15, -0.1) is 0 Å². The van der Waals surface area contributed by atoms with Gasteiger partial charge in [-0.05, 0) is 6.42 Å². The average Bonchev–Trinajstić information content (AvgIpc) is 3.01. The summed E-state index contributed by atoms with van der Waals surface area (Å²) in [5.41, 5.74) is 0. The Morgan fingerprint density at radius 1 is 1.21 bits per heavy atom. The van der Waals surface area contributed by atoms with Gasteiger partial charge >= 0.3 is 0 Å². The molecule has 0 aromatic rings. The first kappa shape index (κ1) is 19.0. The van der Waals surface area contributed by atoms with Gasteiger partial charge in [-0.2, -0.15) is 0 Å². The van der Waals surface area contributed by atoms with Gasteiger partial charge < -0.3 is 0 Å². The molecule has 2 heterocycles. The standard InChI is InChI=1S/C4H7N.C3H8.C2H3N.C2H6.CH4/c1-2-4-3-5-4;1-3-2;1-2-3-1;1-2;/h3-4H,2H2,1H3;3H2,1-2H3;1H,2H2;1-2H3;1H4. The van der Waals surface area contributed by atoms with E-state index in [1.54, 1.807) is 0 Å². The fourth-order valence-corrected chi connectivity index (χ4v) is 0.272. The summed E-state index contributed by atoms with van der Waals surface area (Å²) in [5.74, 6) is 0. The molecule has 0 aliphatic carbocycles. The number of hydrogen-bond acceptors (Lipinski definition) is 2. The molecule has 0 aromatic carbocycles. The molecule has 0 spiro atoms. The van der Waals surface area contributed by atoms with E-state index in [4.69, 9.17) is 0 Å². The maximum Gasteiger partial charge on any atom is 0.0840 e.